The van der Waals surface area contributed by atoms with Crippen LogP contribution in [0.2, 0.25) is 0 Å². The largest absolute Gasteiger partial charge is 0.339 e. The highest BCUT2D eigenvalue weighted by Gasteiger charge is 2.25. The fourth-order valence-electron chi connectivity index (χ4n) is 2.54. The first-order valence-electron chi connectivity index (χ1n) is 7.49. The molecule has 0 atom stereocenters. The third kappa shape index (κ3) is 3.96. The molecule has 0 unspecified atom stereocenters. The maximum Gasteiger partial charge on any atom is 0.245 e. The molecule has 2 rings (SSSR count). The molecule has 1 N–H and O–H groups in total. The standard InChI is InChI=1S/C16H22N2O3S/c1-3-13-5-7-15(8-6-13)22(20,21)17-14-9-11-18(12-10-14)16(19)4-2/h4-8,14,17H,2-3,9-12H2,1H3. The number of nitrogens with zero attached hydrogens (tertiary/aromatic N) is 1. The van der Waals surface area contributed by atoms with Gasteiger partial charge in [0.2, 0.25) is 15.9 Å². The molecular formula is C16H22N2O3S. The van der Waals surface area contributed by atoms with Gasteiger partial charge in [0, 0.05) is 19.1 Å². The quantitative estimate of drug-likeness (QED) is 0.839. The summed E-state index contributed by atoms with van der Waals surface area (Å²) in [7, 11) is -3.50. The van der Waals surface area contributed by atoms with Gasteiger partial charge in [-0.25, -0.2) is 13.1 Å². The number of aryl methyl sites for hydroxylation is 1. The number of piperidine rings is 1. The molecule has 120 valence electrons. The smallest absolute Gasteiger partial charge is 0.245 e. The Balaban J connectivity index is 1.98. The van der Waals surface area contributed by atoms with Gasteiger partial charge in [0.15, 0.2) is 0 Å². The molecule has 0 radical (unpaired) electrons. The molecule has 1 amide bonds. The summed E-state index contributed by atoms with van der Waals surface area (Å²) in [5.41, 5.74) is 1.11. The SMILES string of the molecule is C=CC(=O)N1CCC(NS(=O)(=O)c2ccc(CC)cc2)CC1. The van der Waals surface area contributed by atoms with Crippen LogP contribution in [0.3, 0.4) is 0 Å². The Morgan fingerprint density at radius 2 is 1.91 bits per heavy atom. The summed E-state index contributed by atoms with van der Waals surface area (Å²) in [5.74, 6) is -0.100. The van der Waals surface area contributed by atoms with E-state index in [1.54, 1.807) is 17.0 Å². The minimum absolute atomic E-state index is 0.100. The molecule has 1 aliphatic rings. The van der Waals surface area contributed by atoms with Gasteiger partial charge < -0.3 is 4.90 Å². The molecule has 0 bridgehead atoms. The topological polar surface area (TPSA) is 66.5 Å². The van der Waals surface area contributed by atoms with Crippen molar-refractivity contribution in [2.75, 3.05) is 13.1 Å². The molecule has 0 spiro atoms. The third-order valence-electron chi connectivity index (χ3n) is 3.94. The van der Waals surface area contributed by atoms with Crippen molar-refractivity contribution in [3.63, 3.8) is 0 Å². The molecule has 0 saturated carbocycles. The predicted molar refractivity (Wildman–Crippen MR) is 85.9 cm³/mol. The van der Waals surface area contributed by atoms with E-state index in [1.165, 1.54) is 6.08 Å². The fraction of sp³-hybridized carbons (Fsp3) is 0.438. The van der Waals surface area contributed by atoms with Crippen molar-refractivity contribution < 1.29 is 13.2 Å². The number of nitrogens with one attached hydrogen (secondary N) is 1. The van der Waals surface area contributed by atoms with Gasteiger partial charge in [-0.2, -0.15) is 0 Å². The Morgan fingerprint density at radius 3 is 2.41 bits per heavy atom. The number of benzene rings is 1. The molecule has 1 saturated heterocycles. The van der Waals surface area contributed by atoms with Gasteiger partial charge in [-0.05, 0) is 43.0 Å². The van der Waals surface area contributed by atoms with Crippen molar-refractivity contribution >= 4 is 15.9 Å². The van der Waals surface area contributed by atoms with Crippen LogP contribution in [-0.2, 0) is 21.2 Å². The maximum absolute atomic E-state index is 12.4. The molecule has 6 heteroatoms. The lowest BCUT2D eigenvalue weighted by molar-refractivity contribution is -0.127. The Hall–Kier alpha value is -1.66. The summed E-state index contributed by atoms with van der Waals surface area (Å²) in [4.78, 5) is 13.5. The number of rotatable bonds is 5. The second-order valence-electron chi connectivity index (χ2n) is 5.42. The molecule has 1 fully saturated rings. The molecule has 0 aromatic heterocycles. The summed E-state index contributed by atoms with van der Waals surface area (Å²) in [5, 5.41) is 0. The van der Waals surface area contributed by atoms with Crippen molar-refractivity contribution in [1.29, 1.82) is 0 Å². The first-order valence-corrected chi connectivity index (χ1v) is 8.97. The molecule has 0 aliphatic carbocycles. The van der Waals surface area contributed by atoms with Gasteiger partial charge in [0.1, 0.15) is 0 Å². The Labute approximate surface area is 132 Å². The lowest BCUT2D eigenvalue weighted by Crippen LogP contribution is -2.46. The van der Waals surface area contributed by atoms with E-state index in [0.717, 1.165) is 12.0 Å². The lowest BCUT2D eigenvalue weighted by atomic mass is 10.1. The summed E-state index contributed by atoms with van der Waals surface area (Å²) >= 11 is 0. The number of hydrogen-bond donors (Lipinski definition) is 1. The third-order valence-corrected chi connectivity index (χ3v) is 5.48. The van der Waals surface area contributed by atoms with E-state index in [2.05, 4.69) is 11.3 Å². The number of amides is 1. The normalized spacial score (nSPS) is 16.5. The minimum Gasteiger partial charge on any atom is -0.339 e. The van der Waals surface area contributed by atoms with E-state index < -0.39 is 10.0 Å². The summed E-state index contributed by atoms with van der Waals surface area (Å²) in [6.45, 7) is 6.59. The highest BCUT2D eigenvalue weighted by Crippen LogP contribution is 2.16. The first-order chi connectivity index (χ1) is 10.5. The molecule has 1 aliphatic heterocycles. The monoisotopic (exact) mass is 322 g/mol. The number of carbonyl (C=O) groups excluding carboxylic acids is 1. The molecule has 1 heterocycles. The van der Waals surface area contributed by atoms with Crippen molar-refractivity contribution in [2.45, 2.75) is 37.1 Å². The van der Waals surface area contributed by atoms with E-state index in [0.29, 0.717) is 25.9 Å². The average Bonchev–Trinajstić information content (AvgIpc) is 2.54. The molecule has 5 nitrogen and oxygen atoms in total. The van der Waals surface area contributed by atoms with Gasteiger partial charge in [-0.15, -0.1) is 0 Å². The molecule has 1 aromatic rings. The van der Waals surface area contributed by atoms with Crippen molar-refractivity contribution in [3.05, 3.63) is 42.5 Å². The minimum atomic E-state index is -3.50. The zero-order valence-electron chi connectivity index (χ0n) is 12.8. The van der Waals surface area contributed by atoms with E-state index >= 15 is 0 Å². The van der Waals surface area contributed by atoms with Crippen LogP contribution in [0.1, 0.15) is 25.3 Å². The van der Waals surface area contributed by atoms with Crippen molar-refractivity contribution in [1.82, 2.24) is 9.62 Å². The summed E-state index contributed by atoms with van der Waals surface area (Å²) < 4.78 is 27.5. The van der Waals surface area contributed by atoms with E-state index in [-0.39, 0.29) is 16.8 Å². The zero-order valence-corrected chi connectivity index (χ0v) is 13.6. The predicted octanol–water partition coefficient (Wildman–Crippen LogP) is 1.70. The highest BCUT2D eigenvalue weighted by molar-refractivity contribution is 7.89. The van der Waals surface area contributed by atoms with Crippen LogP contribution in [0.5, 0.6) is 0 Å². The first kappa shape index (κ1) is 16.7. The zero-order chi connectivity index (χ0) is 16.2. The number of carbonyl (C=O) groups is 1. The number of hydrogen-bond acceptors (Lipinski definition) is 3. The lowest BCUT2D eigenvalue weighted by Gasteiger charge is -2.31. The van der Waals surface area contributed by atoms with E-state index in [9.17, 15) is 13.2 Å². The molecule has 1 aromatic carbocycles. The summed E-state index contributed by atoms with van der Waals surface area (Å²) in [6.07, 6.45) is 3.40. The average molecular weight is 322 g/mol. The van der Waals surface area contributed by atoms with E-state index in [1.807, 2.05) is 19.1 Å². The number of sulfonamides is 1. The maximum atomic E-state index is 12.4. The van der Waals surface area contributed by atoms with Crippen LogP contribution in [0.4, 0.5) is 0 Å². The van der Waals surface area contributed by atoms with Gasteiger partial charge in [-0.1, -0.05) is 25.6 Å². The molecule has 22 heavy (non-hydrogen) atoms. The van der Waals surface area contributed by atoms with Crippen LogP contribution in [0.15, 0.2) is 41.8 Å². The van der Waals surface area contributed by atoms with Crippen LogP contribution >= 0.6 is 0 Å². The number of likely N-dealkylation sites (tertiary alicyclic amines) is 1. The Morgan fingerprint density at radius 1 is 1.32 bits per heavy atom. The van der Waals surface area contributed by atoms with Gasteiger partial charge >= 0.3 is 0 Å². The van der Waals surface area contributed by atoms with Crippen LogP contribution in [-0.4, -0.2) is 38.4 Å². The Bertz CT molecular complexity index is 630. The van der Waals surface area contributed by atoms with Crippen LogP contribution in [0.25, 0.3) is 0 Å². The second-order valence-corrected chi connectivity index (χ2v) is 7.14. The van der Waals surface area contributed by atoms with Gasteiger partial charge in [0.25, 0.3) is 0 Å². The Kier molecular flexibility index (Phi) is 5.37. The van der Waals surface area contributed by atoms with Crippen molar-refractivity contribution in [2.24, 2.45) is 0 Å². The van der Waals surface area contributed by atoms with Gasteiger partial charge in [-0.3, -0.25) is 4.79 Å². The van der Waals surface area contributed by atoms with Crippen LogP contribution in [0, 0.1) is 0 Å². The van der Waals surface area contributed by atoms with Crippen molar-refractivity contribution in [3.8, 4) is 0 Å². The summed E-state index contributed by atoms with van der Waals surface area (Å²) in [6, 6.07) is 6.80. The highest BCUT2D eigenvalue weighted by atomic mass is 32.2. The van der Waals surface area contributed by atoms with Crippen LogP contribution < -0.4 is 4.72 Å². The van der Waals surface area contributed by atoms with Gasteiger partial charge in [0.05, 0.1) is 4.90 Å². The van der Waals surface area contributed by atoms with E-state index in [4.69, 9.17) is 0 Å². The fourth-order valence-corrected chi connectivity index (χ4v) is 3.84. The second kappa shape index (κ2) is 7.07. The molecular weight excluding hydrogens is 300 g/mol.